The lowest BCUT2D eigenvalue weighted by molar-refractivity contribution is 0.0692. The van der Waals surface area contributed by atoms with Gasteiger partial charge < -0.3 is 10.4 Å². The third kappa shape index (κ3) is 3.91. The summed E-state index contributed by atoms with van der Waals surface area (Å²) >= 11 is 0. The van der Waals surface area contributed by atoms with Crippen molar-refractivity contribution < 1.29 is 24.3 Å². The maximum absolute atomic E-state index is 14.2. The first-order valence-corrected chi connectivity index (χ1v) is 12.3. The predicted octanol–water partition coefficient (Wildman–Crippen LogP) is 5.88. The van der Waals surface area contributed by atoms with E-state index in [2.05, 4.69) is 5.32 Å². The summed E-state index contributed by atoms with van der Waals surface area (Å²) in [7, 11) is 0. The predicted molar refractivity (Wildman–Crippen MR) is 144 cm³/mol. The van der Waals surface area contributed by atoms with Crippen LogP contribution in [-0.4, -0.2) is 28.5 Å². The zero-order valence-electron chi connectivity index (χ0n) is 20.9. The summed E-state index contributed by atoms with van der Waals surface area (Å²) in [5.74, 6) is -2.77. The first-order chi connectivity index (χ1) is 18.3. The molecule has 1 aliphatic carbocycles. The Balaban J connectivity index is 1.82. The average molecular weight is 504 g/mol. The van der Waals surface area contributed by atoms with Gasteiger partial charge in [-0.15, -0.1) is 0 Å². The molecule has 38 heavy (non-hydrogen) atoms. The molecule has 4 aromatic rings. The summed E-state index contributed by atoms with van der Waals surface area (Å²) in [6.45, 7) is 3.99. The van der Waals surface area contributed by atoms with Crippen LogP contribution in [0.5, 0.6) is 0 Å². The van der Waals surface area contributed by atoms with Crippen LogP contribution in [0.1, 0.15) is 72.3 Å². The van der Waals surface area contributed by atoms with Gasteiger partial charge in [0.2, 0.25) is 11.6 Å². The smallest absolute Gasteiger partial charge is 0.336 e. The number of nitrogens with one attached hydrogen (secondary N) is 1. The van der Waals surface area contributed by atoms with Crippen molar-refractivity contribution >= 4 is 23.4 Å². The molecule has 0 bridgehead atoms. The Morgan fingerprint density at radius 1 is 0.711 bits per heavy atom. The fourth-order valence-corrected chi connectivity index (χ4v) is 5.02. The van der Waals surface area contributed by atoms with Gasteiger partial charge in [-0.05, 0) is 40.8 Å². The fraction of sp³-hybridized carbons (Fsp3) is 0.125. The molecule has 0 unspecified atom stereocenters. The first kappa shape index (κ1) is 24.8. The van der Waals surface area contributed by atoms with Gasteiger partial charge in [0.25, 0.3) is 5.91 Å². The fourth-order valence-electron chi connectivity index (χ4n) is 5.02. The minimum atomic E-state index is -2.08. The van der Waals surface area contributed by atoms with E-state index in [9.17, 15) is 24.3 Å². The van der Waals surface area contributed by atoms with Crippen molar-refractivity contribution in [1.82, 2.24) is 5.32 Å². The molecule has 0 heterocycles. The van der Waals surface area contributed by atoms with Crippen LogP contribution in [0.15, 0.2) is 97.1 Å². The molecule has 5 rings (SSSR count). The molecule has 0 aliphatic heterocycles. The minimum absolute atomic E-state index is 0.0228. The van der Waals surface area contributed by atoms with Crippen LogP contribution < -0.4 is 5.32 Å². The first-order valence-electron chi connectivity index (χ1n) is 12.3. The van der Waals surface area contributed by atoms with E-state index in [0.29, 0.717) is 11.1 Å². The number of rotatable bonds is 6. The Morgan fingerprint density at radius 3 is 1.84 bits per heavy atom. The van der Waals surface area contributed by atoms with E-state index in [1.165, 1.54) is 6.07 Å². The summed E-state index contributed by atoms with van der Waals surface area (Å²) in [5.41, 5.74) is 0.513. The topological polar surface area (TPSA) is 101 Å². The van der Waals surface area contributed by atoms with Crippen molar-refractivity contribution in [2.75, 3.05) is 0 Å². The number of carboxylic acid groups (broad SMARTS) is 1. The van der Waals surface area contributed by atoms with Gasteiger partial charge in [-0.2, -0.15) is 0 Å². The monoisotopic (exact) mass is 503 g/mol. The normalized spacial score (nSPS) is 13.9. The molecule has 1 aliphatic rings. The molecule has 188 valence electrons. The van der Waals surface area contributed by atoms with Gasteiger partial charge in [-0.3, -0.25) is 14.4 Å². The van der Waals surface area contributed by atoms with Crippen LogP contribution in [0.3, 0.4) is 0 Å². The average Bonchev–Trinajstić information content (AvgIpc) is 3.15. The molecule has 0 radical (unpaired) electrons. The molecule has 0 saturated carbocycles. The Labute approximate surface area is 220 Å². The highest BCUT2D eigenvalue weighted by molar-refractivity contribution is 6.34. The maximum atomic E-state index is 14.2. The molecule has 0 spiro atoms. The highest BCUT2D eigenvalue weighted by Gasteiger charge is 2.56. The number of amides is 1. The van der Waals surface area contributed by atoms with Crippen molar-refractivity contribution in [1.29, 1.82) is 0 Å². The van der Waals surface area contributed by atoms with Gasteiger partial charge in [0, 0.05) is 22.3 Å². The quantitative estimate of drug-likeness (QED) is 0.320. The number of hydrogen-bond donors (Lipinski definition) is 2. The van der Waals surface area contributed by atoms with Crippen LogP contribution >= 0.6 is 0 Å². The molecule has 0 fully saturated rings. The number of aromatic carboxylic acids is 1. The molecule has 6 heteroatoms. The van der Waals surface area contributed by atoms with Gasteiger partial charge in [-0.25, -0.2) is 4.79 Å². The zero-order chi connectivity index (χ0) is 27.0. The molecule has 1 amide bonds. The molecule has 4 aromatic carbocycles. The Morgan fingerprint density at radius 2 is 1.26 bits per heavy atom. The van der Waals surface area contributed by atoms with Crippen molar-refractivity contribution in [2.45, 2.75) is 25.3 Å². The summed E-state index contributed by atoms with van der Waals surface area (Å²) in [6, 6.07) is 26.6. The lowest BCUT2D eigenvalue weighted by Gasteiger charge is -2.31. The molecular formula is C32H25NO5. The van der Waals surface area contributed by atoms with E-state index in [4.69, 9.17) is 0 Å². The molecule has 0 saturated heterocycles. The van der Waals surface area contributed by atoms with Gasteiger partial charge in [0.1, 0.15) is 0 Å². The number of fused-ring (bicyclic) bond motifs is 1. The van der Waals surface area contributed by atoms with Crippen LogP contribution in [-0.2, 0) is 5.54 Å². The standard InChI is InChI=1S/C32H25NO5/c1-19(2)21-16-17-27(26(18-21)22-12-6-9-15-25(22)31(37)38)32(33-30(36)20-10-4-3-5-11-20)28(34)23-13-7-8-14-24(23)29(32)35/h3-19H,1-2H3,(H,33,36)(H,37,38). The maximum Gasteiger partial charge on any atom is 0.336 e. The van der Waals surface area contributed by atoms with E-state index in [-0.39, 0.29) is 33.7 Å². The van der Waals surface area contributed by atoms with Crippen molar-refractivity contribution in [3.63, 3.8) is 0 Å². The summed E-state index contributed by atoms with van der Waals surface area (Å²) in [5, 5.41) is 12.8. The third-order valence-corrected chi connectivity index (χ3v) is 7.00. The van der Waals surface area contributed by atoms with E-state index >= 15 is 0 Å². The van der Waals surface area contributed by atoms with E-state index in [1.807, 2.05) is 26.0 Å². The lowest BCUT2D eigenvalue weighted by atomic mass is 9.78. The second kappa shape index (κ2) is 9.56. The van der Waals surface area contributed by atoms with Gasteiger partial charge in [0.15, 0.2) is 5.54 Å². The van der Waals surface area contributed by atoms with Crippen LogP contribution in [0, 0.1) is 0 Å². The summed E-state index contributed by atoms with van der Waals surface area (Å²) in [4.78, 5) is 54.0. The van der Waals surface area contributed by atoms with Gasteiger partial charge in [0.05, 0.1) is 5.56 Å². The largest absolute Gasteiger partial charge is 0.478 e. The van der Waals surface area contributed by atoms with Crippen molar-refractivity contribution in [3.8, 4) is 11.1 Å². The SMILES string of the molecule is CC(C)c1ccc(C2(NC(=O)c3ccccc3)C(=O)c3ccccc3C2=O)c(-c2ccccc2C(=O)O)c1. The second-order valence-electron chi connectivity index (χ2n) is 9.58. The van der Waals surface area contributed by atoms with E-state index in [0.717, 1.165) is 5.56 Å². The van der Waals surface area contributed by atoms with E-state index in [1.54, 1.807) is 78.9 Å². The van der Waals surface area contributed by atoms with Crippen LogP contribution in [0.4, 0.5) is 0 Å². The number of carboxylic acids is 1. The van der Waals surface area contributed by atoms with Gasteiger partial charge >= 0.3 is 5.97 Å². The second-order valence-corrected chi connectivity index (χ2v) is 9.58. The van der Waals surface area contributed by atoms with E-state index < -0.39 is 29.0 Å². The Bertz CT molecular complexity index is 1570. The highest BCUT2D eigenvalue weighted by atomic mass is 16.4. The van der Waals surface area contributed by atoms with Gasteiger partial charge in [-0.1, -0.05) is 92.7 Å². The number of carbonyl (C=O) groups excluding carboxylic acids is 3. The Kier molecular flexibility index (Phi) is 6.25. The zero-order valence-corrected chi connectivity index (χ0v) is 20.9. The van der Waals surface area contributed by atoms with Crippen LogP contribution in [0.25, 0.3) is 11.1 Å². The lowest BCUT2D eigenvalue weighted by Crippen LogP contribution is -2.54. The molecule has 0 aromatic heterocycles. The number of Topliss-reactive ketones (excluding diaryl/α,β-unsaturated/α-hetero) is 2. The van der Waals surface area contributed by atoms with Crippen molar-refractivity contribution in [3.05, 3.63) is 130 Å². The summed E-state index contributed by atoms with van der Waals surface area (Å²) in [6.07, 6.45) is 0. The molecule has 2 N–H and O–H groups in total. The molecule has 6 nitrogen and oxygen atoms in total. The number of carbonyl (C=O) groups is 4. The number of benzene rings is 4. The number of ketones is 2. The number of hydrogen-bond acceptors (Lipinski definition) is 4. The van der Waals surface area contributed by atoms with Crippen molar-refractivity contribution in [2.24, 2.45) is 0 Å². The summed E-state index contributed by atoms with van der Waals surface area (Å²) < 4.78 is 0. The Hall–Kier alpha value is -4.84. The van der Waals surface area contributed by atoms with Crippen LogP contribution in [0.2, 0.25) is 0 Å². The minimum Gasteiger partial charge on any atom is -0.478 e. The third-order valence-electron chi connectivity index (χ3n) is 7.00. The molecule has 0 atom stereocenters. The highest BCUT2D eigenvalue weighted by Crippen LogP contribution is 2.43. The molecular weight excluding hydrogens is 478 g/mol.